The fourth-order valence-corrected chi connectivity index (χ4v) is 2.55. The molecule has 1 heterocycles. The molecule has 0 aliphatic carbocycles. The van der Waals surface area contributed by atoms with Gasteiger partial charge in [-0.25, -0.2) is 0 Å². The molecule has 1 aliphatic rings. The van der Waals surface area contributed by atoms with E-state index in [0.29, 0.717) is 24.3 Å². The average molecular weight is 231 g/mol. The lowest BCUT2D eigenvalue weighted by molar-refractivity contribution is -0.131. The first-order chi connectivity index (χ1) is 8.09. The van der Waals surface area contributed by atoms with Crippen LogP contribution in [0.5, 0.6) is 0 Å². The van der Waals surface area contributed by atoms with Crippen LogP contribution in [0.15, 0.2) is 30.3 Å². The highest BCUT2D eigenvalue weighted by atomic mass is 16.1. The predicted octanol–water partition coefficient (Wildman–Crippen LogP) is 2.73. The number of rotatable bonds is 2. The van der Waals surface area contributed by atoms with Gasteiger partial charge < -0.3 is 0 Å². The highest BCUT2D eigenvalue weighted by molar-refractivity contribution is 5.83. The van der Waals surface area contributed by atoms with Crippen molar-refractivity contribution in [3.63, 3.8) is 0 Å². The summed E-state index contributed by atoms with van der Waals surface area (Å²) in [6, 6.07) is 10.9. The number of benzene rings is 1. The van der Waals surface area contributed by atoms with E-state index in [-0.39, 0.29) is 5.92 Å². The third-order valence-electron chi connectivity index (χ3n) is 4.22. The zero-order valence-corrected chi connectivity index (χ0v) is 10.9. The lowest BCUT2D eigenvalue weighted by atomic mass is 9.82. The van der Waals surface area contributed by atoms with Crippen molar-refractivity contribution in [1.82, 2.24) is 4.90 Å². The molecule has 1 aromatic carbocycles. The Labute approximate surface area is 104 Å². The van der Waals surface area contributed by atoms with Crippen LogP contribution in [0.1, 0.15) is 26.3 Å². The molecule has 0 radical (unpaired) electrons. The highest BCUT2D eigenvalue weighted by Crippen LogP contribution is 2.27. The van der Waals surface area contributed by atoms with Gasteiger partial charge in [0.1, 0.15) is 5.78 Å². The molecule has 1 aromatic rings. The normalized spacial score (nSPS) is 30.5. The van der Waals surface area contributed by atoms with Crippen molar-refractivity contribution in [3.05, 3.63) is 35.9 Å². The second-order valence-corrected chi connectivity index (χ2v) is 5.25. The number of likely N-dealkylation sites (tertiary alicyclic amines) is 1. The first kappa shape index (κ1) is 12.3. The summed E-state index contributed by atoms with van der Waals surface area (Å²) >= 11 is 0. The van der Waals surface area contributed by atoms with Crippen molar-refractivity contribution in [3.8, 4) is 0 Å². The van der Waals surface area contributed by atoms with Crippen LogP contribution in [0.25, 0.3) is 0 Å². The number of carbonyl (C=O) groups is 1. The highest BCUT2D eigenvalue weighted by Gasteiger charge is 2.35. The smallest absolute Gasteiger partial charge is 0.149 e. The Morgan fingerprint density at radius 2 is 1.82 bits per heavy atom. The number of carbonyl (C=O) groups excluding carboxylic acids is 1. The molecule has 0 amide bonds. The van der Waals surface area contributed by atoms with E-state index in [1.807, 2.05) is 6.07 Å². The fraction of sp³-hybridized carbons (Fsp3) is 0.533. The molecule has 0 spiro atoms. The molecule has 92 valence electrons. The lowest BCUT2D eigenvalue weighted by Gasteiger charge is -2.40. The molecule has 0 N–H and O–H groups in total. The Bertz CT molecular complexity index is 387. The van der Waals surface area contributed by atoms with Crippen LogP contribution in [0.3, 0.4) is 0 Å². The van der Waals surface area contributed by atoms with Gasteiger partial charge in [0.2, 0.25) is 0 Å². The van der Waals surface area contributed by atoms with Gasteiger partial charge in [-0.2, -0.15) is 0 Å². The summed E-state index contributed by atoms with van der Waals surface area (Å²) in [6.45, 7) is 7.96. The Kier molecular flexibility index (Phi) is 3.63. The van der Waals surface area contributed by atoms with Crippen molar-refractivity contribution < 1.29 is 4.79 Å². The zero-order chi connectivity index (χ0) is 12.4. The molecule has 2 rings (SSSR count). The topological polar surface area (TPSA) is 20.3 Å². The van der Waals surface area contributed by atoms with Gasteiger partial charge in [0.05, 0.1) is 6.54 Å². The van der Waals surface area contributed by atoms with Crippen LogP contribution in [0, 0.1) is 11.8 Å². The molecule has 1 aliphatic heterocycles. The van der Waals surface area contributed by atoms with Crippen LogP contribution >= 0.6 is 0 Å². The van der Waals surface area contributed by atoms with E-state index in [2.05, 4.69) is 49.9 Å². The third kappa shape index (κ3) is 2.58. The largest absolute Gasteiger partial charge is 0.298 e. The predicted molar refractivity (Wildman–Crippen MR) is 69.6 cm³/mol. The number of nitrogens with zero attached hydrogens (tertiary/aromatic N) is 1. The first-order valence-corrected chi connectivity index (χ1v) is 6.40. The minimum Gasteiger partial charge on any atom is -0.298 e. The van der Waals surface area contributed by atoms with Gasteiger partial charge in [-0.15, -0.1) is 0 Å². The van der Waals surface area contributed by atoms with Crippen LogP contribution < -0.4 is 0 Å². The summed E-state index contributed by atoms with van der Waals surface area (Å²) in [4.78, 5) is 14.2. The molecule has 1 fully saturated rings. The van der Waals surface area contributed by atoms with Gasteiger partial charge in [-0.1, -0.05) is 44.2 Å². The SMILES string of the molecule is C[C@H]1[C@H](C)C(=O)CN(Cc2ccccc2)[C@H]1C. The van der Waals surface area contributed by atoms with Gasteiger partial charge in [0.25, 0.3) is 0 Å². The van der Waals surface area contributed by atoms with E-state index in [0.717, 1.165) is 6.54 Å². The van der Waals surface area contributed by atoms with E-state index in [1.54, 1.807) is 0 Å². The zero-order valence-electron chi connectivity index (χ0n) is 10.9. The van der Waals surface area contributed by atoms with E-state index < -0.39 is 0 Å². The molecule has 2 heteroatoms. The van der Waals surface area contributed by atoms with Crippen molar-refractivity contribution in [1.29, 1.82) is 0 Å². The molecule has 3 atom stereocenters. The van der Waals surface area contributed by atoms with E-state index in [4.69, 9.17) is 0 Å². The molecule has 0 unspecified atom stereocenters. The minimum absolute atomic E-state index is 0.206. The van der Waals surface area contributed by atoms with E-state index in [1.165, 1.54) is 5.56 Å². The summed E-state index contributed by atoms with van der Waals surface area (Å²) in [5, 5.41) is 0. The number of piperidine rings is 1. The van der Waals surface area contributed by atoms with Crippen molar-refractivity contribution in [2.24, 2.45) is 11.8 Å². The summed E-state index contributed by atoms with van der Waals surface area (Å²) < 4.78 is 0. The van der Waals surface area contributed by atoms with Crippen LogP contribution in [-0.2, 0) is 11.3 Å². The molecule has 0 bridgehead atoms. The molecule has 0 aromatic heterocycles. The Balaban J connectivity index is 2.09. The number of ketones is 1. The second kappa shape index (κ2) is 5.01. The molecular formula is C15H21NO. The first-order valence-electron chi connectivity index (χ1n) is 6.40. The molecule has 1 saturated heterocycles. The number of Topliss-reactive ketones (excluding diaryl/α,β-unsaturated/α-hetero) is 1. The average Bonchev–Trinajstić information content (AvgIpc) is 2.35. The molecule has 2 nitrogen and oxygen atoms in total. The summed E-state index contributed by atoms with van der Waals surface area (Å²) in [5.74, 6) is 1.03. The third-order valence-corrected chi connectivity index (χ3v) is 4.22. The van der Waals surface area contributed by atoms with Crippen LogP contribution in [0.4, 0.5) is 0 Å². The Morgan fingerprint density at radius 3 is 2.47 bits per heavy atom. The summed E-state index contributed by atoms with van der Waals surface area (Å²) in [6.07, 6.45) is 0. The lowest BCUT2D eigenvalue weighted by Crippen LogP contribution is -2.50. The standard InChI is InChI=1S/C15H21NO/c1-11-12(2)15(17)10-16(13(11)3)9-14-7-5-4-6-8-14/h4-8,11-13H,9-10H2,1-3H3/t11-,12-,13-/m0/s1. The molecule has 0 saturated carbocycles. The Morgan fingerprint density at radius 1 is 1.18 bits per heavy atom. The quantitative estimate of drug-likeness (QED) is 0.780. The van der Waals surface area contributed by atoms with Crippen molar-refractivity contribution >= 4 is 5.78 Å². The second-order valence-electron chi connectivity index (χ2n) is 5.25. The minimum atomic E-state index is 0.206. The maximum absolute atomic E-state index is 11.9. The monoisotopic (exact) mass is 231 g/mol. The fourth-order valence-electron chi connectivity index (χ4n) is 2.55. The van der Waals surface area contributed by atoms with E-state index >= 15 is 0 Å². The maximum Gasteiger partial charge on any atom is 0.149 e. The van der Waals surface area contributed by atoms with Crippen molar-refractivity contribution in [2.45, 2.75) is 33.4 Å². The van der Waals surface area contributed by atoms with Crippen molar-refractivity contribution in [2.75, 3.05) is 6.54 Å². The van der Waals surface area contributed by atoms with Crippen LogP contribution in [0.2, 0.25) is 0 Å². The number of hydrogen-bond acceptors (Lipinski definition) is 2. The van der Waals surface area contributed by atoms with Gasteiger partial charge >= 0.3 is 0 Å². The summed E-state index contributed by atoms with van der Waals surface area (Å²) in [5.41, 5.74) is 1.29. The molecular weight excluding hydrogens is 210 g/mol. The van der Waals surface area contributed by atoms with E-state index in [9.17, 15) is 4.79 Å². The molecule has 17 heavy (non-hydrogen) atoms. The van der Waals surface area contributed by atoms with Gasteiger partial charge in [-0.05, 0) is 18.4 Å². The van der Waals surface area contributed by atoms with Gasteiger partial charge in [0, 0.05) is 18.5 Å². The van der Waals surface area contributed by atoms with Gasteiger partial charge in [-0.3, -0.25) is 9.69 Å². The Hall–Kier alpha value is -1.15. The maximum atomic E-state index is 11.9. The number of hydrogen-bond donors (Lipinski definition) is 0. The van der Waals surface area contributed by atoms with Gasteiger partial charge in [0.15, 0.2) is 0 Å². The van der Waals surface area contributed by atoms with Crippen LogP contribution in [-0.4, -0.2) is 23.3 Å². The summed E-state index contributed by atoms with van der Waals surface area (Å²) in [7, 11) is 0.